The number of carbonyl (C=O) groups excluding carboxylic acids is 2. The smallest absolute Gasteiger partial charge is 0.361 e. The summed E-state index contributed by atoms with van der Waals surface area (Å²) in [6, 6.07) is 0. The number of unbranched alkanes of at least 4 members (excludes halogenated alkanes) is 22. The number of carboxylic acid groups (broad SMARTS) is 1. The highest BCUT2D eigenvalue weighted by atomic mass is 16.7. The second-order valence-corrected chi connectivity index (χ2v) is 20.6. The van der Waals surface area contributed by atoms with E-state index in [1.807, 2.05) is 21.1 Å². The third kappa shape index (κ3) is 55.8. The average Bonchev–Trinajstić information content (AvgIpc) is 3.36. The summed E-state index contributed by atoms with van der Waals surface area (Å²) in [5, 5.41) is 9.70. The molecule has 0 saturated heterocycles. The Morgan fingerprint density at radius 2 is 0.781 bits per heavy atom. The number of aliphatic carboxylic acids is 1. The zero-order valence-corrected chi connectivity index (χ0v) is 47.5. The van der Waals surface area contributed by atoms with Crippen molar-refractivity contribution in [2.45, 2.75) is 245 Å². The van der Waals surface area contributed by atoms with Crippen molar-refractivity contribution in [1.82, 2.24) is 0 Å². The van der Waals surface area contributed by atoms with E-state index in [4.69, 9.17) is 18.9 Å². The minimum atomic E-state index is -1.52. The number of ether oxygens (including phenoxy) is 4. The van der Waals surface area contributed by atoms with Gasteiger partial charge in [-0.2, -0.15) is 0 Å². The Balaban J connectivity index is 4.28. The molecule has 2 atom stereocenters. The minimum absolute atomic E-state index is 0.178. The first kappa shape index (κ1) is 69.2. The molecular weight excluding hydrogens is 911 g/mol. The van der Waals surface area contributed by atoms with E-state index < -0.39 is 24.3 Å². The van der Waals surface area contributed by atoms with Crippen LogP contribution in [0.4, 0.5) is 0 Å². The summed E-state index contributed by atoms with van der Waals surface area (Å²) in [6.07, 6.45) is 70.5. The van der Waals surface area contributed by atoms with E-state index in [2.05, 4.69) is 111 Å². The summed E-state index contributed by atoms with van der Waals surface area (Å²) < 4.78 is 22.9. The van der Waals surface area contributed by atoms with Gasteiger partial charge in [0.25, 0.3) is 6.29 Å². The van der Waals surface area contributed by atoms with E-state index in [1.165, 1.54) is 103 Å². The lowest BCUT2D eigenvalue weighted by molar-refractivity contribution is -0.870. The van der Waals surface area contributed by atoms with Gasteiger partial charge < -0.3 is 28.5 Å². The van der Waals surface area contributed by atoms with Gasteiger partial charge in [-0.1, -0.05) is 220 Å². The first-order valence-electron chi connectivity index (χ1n) is 29.4. The molecule has 0 fully saturated rings. The molecule has 0 aromatic heterocycles. The number of hydrogen-bond donors (Lipinski definition) is 1. The van der Waals surface area contributed by atoms with Gasteiger partial charge in [-0.05, 0) is 96.3 Å². The summed E-state index contributed by atoms with van der Waals surface area (Å²) in [4.78, 5) is 37.4. The van der Waals surface area contributed by atoms with Gasteiger partial charge in [0.2, 0.25) is 0 Å². The van der Waals surface area contributed by atoms with Crippen LogP contribution in [0.15, 0.2) is 97.2 Å². The molecule has 0 aliphatic heterocycles. The number of likely N-dealkylation sites (N-methyl/N-ethyl adjacent to an activating group) is 1. The van der Waals surface area contributed by atoms with Crippen LogP contribution < -0.4 is 0 Å². The maximum Gasteiger partial charge on any atom is 0.361 e. The van der Waals surface area contributed by atoms with Crippen LogP contribution in [-0.2, 0) is 33.3 Å². The first-order valence-corrected chi connectivity index (χ1v) is 29.4. The highest BCUT2D eigenvalue weighted by molar-refractivity contribution is 5.71. The molecule has 0 aromatic carbocycles. The Labute approximate surface area is 448 Å². The summed E-state index contributed by atoms with van der Waals surface area (Å²) in [5.41, 5.74) is 0. The molecule has 0 spiro atoms. The molecule has 73 heavy (non-hydrogen) atoms. The molecule has 1 N–H and O–H groups in total. The number of carboxylic acids is 1. The van der Waals surface area contributed by atoms with Gasteiger partial charge in [-0.3, -0.25) is 9.59 Å². The molecule has 0 heterocycles. The molecule has 0 bridgehead atoms. The van der Waals surface area contributed by atoms with Crippen molar-refractivity contribution >= 4 is 17.9 Å². The maximum atomic E-state index is 12.9. The number of allylic oxidation sites excluding steroid dienone is 16. The Morgan fingerprint density at radius 3 is 1.16 bits per heavy atom. The predicted molar refractivity (Wildman–Crippen MR) is 309 cm³/mol. The van der Waals surface area contributed by atoms with Gasteiger partial charge in [0.05, 0.1) is 34.4 Å². The Kier molecular flexibility index (Phi) is 51.6. The van der Waals surface area contributed by atoms with Crippen LogP contribution in [-0.4, -0.2) is 87.4 Å². The van der Waals surface area contributed by atoms with E-state index in [0.717, 1.165) is 96.3 Å². The molecule has 0 amide bonds. The fraction of sp³-hybridized carbons (Fsp3) is 0.703. The standard InChI is InChI=1S/C64H109NO8/c1-6-8-10-12-14-16-18-20-22-24-26-28-29-30-31-32-33-35-36-38-40-42-44-46-48-50-52-54-61(66)71-58-60(59-72-64(63(68)69)70-57-56-65(3,4)5)73-62(67)55-53-51-49-47-45-43-41-39-37-34-27-25-23-21-19-17-15-13-11-9-7-2/h9,11,15,17-18,20-21,23-24,26-27,29-30,34,39,41,60,64H,6-8,10,12-14,16,19,22,25,28,31-33,35-38,40,42-59H2,1-5H3/p+1/b11-9-,17-15-,20-18-,23-21-,26-24-,30-29-,34-27-,41-39-. The van der Waals surface area contributed by atoms with Gasteiger partial charge in [0, 0.05) is 12.8 Å². The molecular formula is C64H110NO8+. The SMILES string of the molecule is CC/C=C\C/C=C\C/C=C\C/C=C\C/C=C\CCCCCCCC(=O)OC(COC(=O)CCCCCCCCCCCCCC/C=C\C/C=C\C/C=C\CCCCCCC)COC(OCC[N+](C)(C)C)C(=O)O. The molecule has 0 aliphatic rings. The van der Waals surface area contributed by atoms with Crippen molar-refractivity contribution in [2.75, 3.05) is 47.5 Å². The van der Waals surface area contributed by atoms with Crippen LogP contribution in [0, 0.1) is 0 Å². The fourth-order valence-electron chi connectivity index (χ4n) is 7.81. The minimum Gasteiger partial charge on any atom is -0.477 e. The van der Waals surface area contributed by atoms with E-state index in [0.29, 0.717) is 23.9 Å². The lowest BCUT2D eigenvalue weighted by Gasteiger charge is -2.25. The molecule has 0 aromatic rings. The van der Waals surface area contributed by atoms with Crippen LogP contribution in [0.3, 0.4) is 0 Å². The van der Waals surface area contributed by atoms with E-state index in [9.17, 15) is 19.5 Å². The molecule has 0 aliphatic carbocycles. The van der Waals surface area contributed by atoms with Gasteiger partial charge in [0.15, 0.2) is 6.10 Å². The van der Waals surface area contributed by atoms with Crippen molar-refractivity contribution < 1.29 is 42.9 Å². The van der Waals surface area contributed by atoms with Gasteiger partial charge in [0.1, 0.15) is 13.2 Å². The van der Waals surface area contributed by atoms with Crippen LogP contribution in [0.1, 0.15) is 232 Å². The zero-order valence-electron chi connectivity index (χ0n) is 47.5. The third-order valence-corrected chi connectivity index (χ3v) is 12.3. The van der Waals surface area contributed by atoms with Crippen LogP contribution in [0.5, 0.6) is 0 Å². The summed E-state index contributed by atoms with van der Waals surface area (Å²) >= 11 is 0. The molecule has 2 unspecified atom stereocenters. The van der Waals surface area contributed by atoms with Gasteiger partial charge >= 0.3 is 17.9 Å². The number of nitrogens with zero attached hydrogens (tertiary/aromatic N) is 1. The highest BCUT2D eigenvalue weighted by Crippen LogP contribution is 2.15. The van der Waals surface area contributed by atoms with Crippen LogP contribution >= 0.6 is 0 Å². The second kappa shape index (κ2) is 54.5. The molecule has 418 valence electrons. The first-order chi connectivity index (χ1) is 35.6. The normalized spacial score (nSPS) is 13.5. The highest BCUT2D eigenvalue weighted by Gasteiger charge is 2.25. The van der Waals surface area contributed by atoms with Gasteiger partial charge in [-0.25, -0.2) is 4.79 Å². The lowest BCUT2D eigenvalue weighted by Crippen LogP contribution is -2.40. The summed E-state index contributed by atoms with van der Waals surface area (Å²) in [5.74, 6) is -2.04. The third-order valence-electron chi connectivity index (χ3n) is 12.3. The van der Waals surface area contributed by atoms with Crippen LogP contribution in [0.2, 0.25) is 0 Å². The molecule has 0 radical (unpaired) electrons. The van der Waals surface area contributed by atoms with Crippen molar-refractivity contribution in [3.05, 3.63) is 97.2 Å². The predicted octanol–water partition coefficient (Wildman–Crippen LogP) is 17.3. The Hall–Kier alpha value is -3.79. The lowest BCUT2D eigenvalue weighted by atomic mass is 10.0. The zero-order chi connectivity index (χ0) is 53.4. The van der Waals surface area contributed by atoms with Crippen molar-refractivity contribution in [1.29, 1.82) is 0 Å². The average molecular weight is 1020 g/mol. The second-order valence-electron chi connectivity index (χ2n) is 20.6. The van der Waals surface area contributed by atoms with E-state index in [-0.39, 0.29) is 32.2 Å². The van der Waals surface area contributed by atoms with Gasteiger partial charge in [-0.15, -0.1) is 0 Å². The maximum absolute atomic E-state index is 12.9. The van der Waals surface area contributed by atoms with Crippen molar-refractivity contribution in [2.24, 2.45) is 0 Å². The number of esters is 2. The monoisotopic (exact) mass is 1020 g/mol. The topological polar surface area (TPSA) is 108 Å². The molecule has 9 heteroatoms. The summed E-state index contributed by atoms with van der Waals surface area (Å²) in [7, 11) is 5.95. The number of rotatable bonds is 53. The number of hydrogen-bond acceptors (Lipinski definition) is 7. The molecule has 9 nitrogen and oxygen atoms in total. The Bertz CT molecular complexity index is 1520. The fourth-order valence-corrected chi connectivity index (χ4v) is 7.81. The quantitative estimate of drug-likeness (QED) is 0.0211. The van der Waals surface area contributed by atoms with Crippen molar-refractivity contribution in [3.8, 4) is 0 Å². The number of quaternary nitrogens is 1. The Morgan fingerprint density at radius 1 is 0.425 bits per heavy atom. The summed E-state index contributed by atoms with van der Waals surface area (Å²) in [6.45, 7) is 4.72. The molecule has 0 saturated carbocycles. The van der Waals surface area contributed by atoms with Crippen molar-refractivity contribution in [3.63, 3.8) is 0 Å². The van der Waals surface area contributed by atoms with E-state index in [1.54, 1.807) is 0 Å². The molecule has 0 rings (SSSR count). The van der Waals surface area contributed by atoms with Crippen LogP contribution in [0.25, 0.3) is 0 Å². The number of carbonyl (C=O) groups is 3. The largest absolute Gasteiger partial charge is 0.477 e. The van der Waals surface area contributed by atoms with E-state index >= 15 is 0 Å².